The average Bonchev–Trinajstić information content (AvgIpc) is 3.27. The second-order valence-corrected chi connectivity index (χ2v) is 13.6. The average molecular weight is 661 g/mol. The summed E-state index contributed by atoms with van der Waals surface area (Å²) in [6.45, 7) is 4.97. The molecule has 3 N–H and O–H groups in total. The van der Waals surface area contributed by atoms with E-state index in [2.05, 4.69) is 16.1 Å². The lowest BCUT2D eigenvalue weighted by Crippen LogP contribution is -2.53. The summed E-state index contributed by atoms with van der Waals surface area (Å²) in [4.78, 5) is 48.6. The minimum Gasteiger partial charge on any atom is -0.436 e. The molecule has 0 unspecified atom stereocenters. The molecule has 4 aliphatic rings. The van der Waals surface area contributed by atoms with Crippen LogP contribution >= 0.6 is 11.6 Å². The van der Waals surface area contributed by atoms with Crippen LogP contribution in [0.4, 0.5) is 21.0 Å². The summed E-state index contributed by atoms with van der Waals surface area (Å²) in [5.41, 5.74) is 9.45. The van der Waals surface area contributed by atoms with Gasteiger partial charge >= 0.3 is 12.1 Å². The van der Waals surface area contributed by atoms with Crippen LogP contribution in [0.3, 0.4) is 0 Å². The van der Waals surface area contributed by atoms with Gasteiger partial charge in [-0.1, -0.05) is 42.1 Å². The van der Waals surface area contributed by atoms with E-state index in [0.717, 1.165) is 43.6 Å². The van der Waals surface area contributed by atoms with Crippen molar-refractivity contribution in [1.29, 1.82) is 0 Å². The zero-order valence-corrected chi connectivity index (χ0v) is 27.7. The molecule has 6 rings (SSSR count). The van der Waals surface area contributed by atoms with Crippen LogP contribution in [0.5, 0.6) is 0 Å². The second kappa shape index (κ2) is 14.9. The second-order valence-electron chi connectivity index (χ2n) is 13.2. The van der Waals surface area contributed by atoms with Crippen molar-refractivity contribution in [3.05, 3.63) is 58.1 Å². The number of terminal acetylenes is 1. The highest BCUT2D eigenvalue weighted by molar-refractivity contribution is 6.33. The van der Waals surface area contributed by atoms with Gasteiger partial charge in [0.15, 0.2) is 6.10 Å². The van der Waals surface area contributed by atoms with E-state index < -0.39 is 12.2 Å². The van der Waals surface area contributed by atoms with Gasteiger partial charge in [-0.25, -0.2) is 9.59 Å². The van der Waals surface area contributed by atoms with E-state index in [1.54, 1.807) is 17.0 Å². The third-order valence-electron chi connectivity index (χ3n) is 10.3. The molecule has 4 heterocycles. The monoisotopic (exact) mass is 660 g/mol. The van der Waals surface area contributed by atoms with Crippen molar-refractivity contribution >= 4 is 41.0 Å². The van der Waals surface area contributed by atoms with Crippen LogP contribution in [0, 0.1) is 12.3 Å². The number of hydrogen-bond acceptors (Lipinski definition) is 6. The summed E-state index contributed by atoms with van der Waals surface area (Å²) in [7, 11) is 0. The number of benzene rings is 2. The Morgan fingerprint density at radius 2 is 1.64 bits per heavy atom. The third kappa shape index (κ3) is 7.63. The van der Waals surface area contributed by atoms with Gasteiger partial charge in [0.05, 0.1) is 10.7 Å². The highest BCUT2D eigenvalue weighted by Gasteiger charge is 2.36. The van der Waals surface area contributed by atoms with E-state index in [1.165, 1.54) is 19.3 Å². The standard InChI is InChI=1S/C36H45ClN6O4/c1-2-26-22-25(23-30(37)33(26)38)24-32(34(44)41-17-11-28(12-18-41)40-15-6-3-7-16-40)47-36(46)42-19-13-29(14-20-42)43-21-10-27-8-4-5-9-31(27)39-35(43)45/h1,4-5,8-9,22-23,28-29,32H,3,6-7,10-21,24,38H2,(H,39,45)/t32-/m1/s1. The molecule has 3 saturated heterocycles. The fourth-order valence-corrected chi connectivity index (χ4v) is 7.78. The minimum atomic E-state index is -1.04. The molecule has 11 heteroatoms. The molecule has 0 aliphatic carbocycles. The maximum atomic E-state index is 14.0. The van der Waals surface area contributed by atoms with E-state index in [1.807, 2.05) is 34.1 Å². The van der Waals surface area contributed by atoms with Crippen molar-refractivity contribution in [1.82, 2.24) is 19.6 Å². The highest BCUT2D eigenvalue weighted by Crippen LogP contribution is 2.28. The van der Waals surface area contributed by atoms with Crippen molar-refractivity contribution in [2.45, 2.75) is 76.0 Å². The van der Waals surface area contributed by atoms with Gasteiger partial charge < -0.3 is 35.4 Å². The van der Waals surface area contributed by atoms with Crippen molar-refractivity contribution in [2.75, 3.05) is 56.9 Å². The number of fused-ring (bicyclic) bond motifs is 1. The fraction of sp³-hybridized carbons (Fsp3) is 0.528. The van der Waals surface area contributed by atoms with Gasteiger partial charge in [0.25, 0.3) is 5.91 Å². The van der Waals surface area contributed by atoms with Gasteiger partial charge in [-0.15, -0.1) is 6.42 Å². The molecule has 0 spiro atoms. The van der Waals surface area contributed by atoms with Gasteiger partial charge in [0.2, 0.25) is 0 Å². The normalized spacial score (nSPS) is 20.5. The summed E-state index contributed by atoms with van der Waals surface area (Å²) in [6, 6.07) is 11.7. The Kier molecular flexibility index (Phi) is 10.4. The molecule has 0 saturated carbocycles. The lowest BCUT2D eigenvalue weighted by Gasteiger charge is -2.41. The lowest BCUT2D eigenvalue weighted by molar-refractivity contribution is -0.142. The summed E-state index contributed by atoms with van der Waals surface area (Å²) < 4.78 is 6.03. The quantitative estimate of drug-likeness (QED) is 0.334. The first-order chi connectivity index (χ1) is 22.8. The van der Waals surface area contributed by atoms with E-state index in [9.17, 15) is 14.4 Å². The van der Waals surface area contributed by atoms with Crippen molar-refractivity contribution in [3.63, 3.8) is 0 Å². The van der Waals surface area contributed by atoms with Gasteiger partial charge in [-0.3, -0.25) is 4.79 Å². The van der Waals surface area contributed by atoms with Gasteiger partial charge in [-0.05, 0) is 87.4 Å². The summed E-state index contributed by atoms with van der Waals surface area (Å²) in [5, 5.41) is 3.34. The zero-order chi connectivity index (χ0) is 32.9. The van der Waals surface area contributed by atoms with Crippen LogP contribution in [0.25, 0.3) is 0 Å². The molecule has 1 atom stereocenters. The number of nitrogens with one attached hydrogen (secondary N) is 1. The number of likely N-dealkylation sites (tertiary alicyclic amines) is 3. The number of nitrogen functional groups attached to an aromatic ring is 1. The van der Waals surface area contributed by atoms with Gasteiger partial charge in [0, 0.05) is 62.5 Å². The molecule has 0 radical (unpaired) electrons. The largest absolute Gasteiger partial charge is 0.436 e. The van der Waals surface area contributed by atoms with Crippen molar-refractivity contribution in [3.8, 4) is 12.3 Å². The van der Waals surface area contributed by atoms with Crippen molar-refractivity contribution < 1.29 is 19.1 Å². The molecule has 4 aliphatic heterocycles. The van der Waals surface area contributed by atoms with Crippen LogP contribution in [-0.4, -0.2) is 102 Å². The first kappa shape index (κ1) is 33.0. The Hall–Kier alpha value is -3.94. The Morgan fingerprint density at radius 3 is 2.36 bits per heavy atom. The number of halogens is 1. The van der Waals surface area contributed by atoms with Crippen LogP contribution < -0.4 is 11.1 Å². The molecular weight excluding hydrogens is 616 g/mol. The smallest absolute Gasteiger partial charge is 0.410 e. The number of nitrogens with two attached hydrogens (primary N) is 1. The Bertz CT molecular complexity index is 1510. The zero-order valence-electron chi connectivity index (χ0n) is 27.0. The van der Waals surface area contributed by atoms with Crippen molar-refractivity contribution in [2.24, 2.45) is 0 Å². The third-order valence-corrected chi connectivity index (χ3v) is 10.6. The van der Waals surface area contributed by atoms with Gasteiger partial charge in [-0.2, -0.15) is 0 Å². The highest BCUT2D eigenvalue weighted by atomic mass is 35.5. The van der Waals surface area contributed by atoms with Crippen LogP contribution in [0.2, 0.25) is 5.02 Å². The number of urea groups is 1. The summed E-state index contributed by atoms with van der Waals surface area (Å²) >= 11 is 6.38. The maximum absolute atomic E-state index is 14.0. The lowest BCUT2D eigenvalue weighted by atomic mass is 9.98. The molecule has 3 fully saturated rings. The topological polar surface area (TPSA) is 111 Å². The maximum Gasteiger partial charge on any atom is 0.410 e. The number of para-hydroxylation sites is 1. The molecule has 0 bridgehead atoms. The molecule has 47 heavy (non-hydrogen) atoms. The Morgan fingerprint density at radius 1 is 0.957 bits per heavy atom. The molecule has 2 aromatic carbocycles. The Balaban J connectivity index is 1.10. The molecule has 10 nitrogen and oxygen atoms in total. The first-order valence-corrected chi connectivity index (χ1v) is 17.4. The minimum absolute atomic E-state index is 0.00564. The number of nitrogens with zero attached hydrogens (tertiary/aromatic N) is 4. The van der Waals surface area contributed by atoms with E-state index in [4.69, 9.17) is 28.5 Å². The SMILES string of the molecule is C#Cc1cc(C[C@@H](OC(=O)N2CCC(N3CCc4ccccc4NC3=O)CC2)C(=O)N2CCC(N3CCCCC3)CC2)cc(Cl)c1N. The van der Waals surface area contributed by atoms with Crippen LogP contribution in [0.1, 0.15) is 61.6 Å². The molecule has 4 amide bonds. The number of ether oxygens (including phenoxy) is 1. The number of rotatable bonds is 6. The molecule has 2 aromatic rings. The van der Waals surface area contributed by atoms with E-state index in [0.29, 0.717) is 73.4 Å². The molecular formula is C36H45ClN6O4. The number of amides is 4. The summed E-state index contributed by atoms with van der Waals surface area (Å²) in [6.07, 6.45) is 11.8. The van der Waals surface area contributed by atoms with Gasteiger partial charge in [0.1, 0.15) is 0 Å². The predicted octanol–water partition coefficient (Wildman–Crippen LogP) is 4.98. The summed E-state index contributed by atoms with van der Waals surface area (Å²) in [5.74, 6) is 2.35. The number of anilines is 2. The molecule has 0 aromatic heterocycles. The van der Waals surface area contributed by atoms with Crippen LogP contribution in [0.15, 0.2) is 36.4 Å². The number of hydrogen-bond donors (Lipinski definition) is 2. The van der Waals surface area contributed by atoms with E-state index in [-0.39, 0.29) is 24.4 Å². The first-order valence-electron chi connectivity index (χ1n) is 17.0. The number of piperidine rings is 3. The fourth-order valence-electron chi connectivity index (χ4n) is 7.54. The number of carbonyl (C=O) groups excluding carboxylic acids is 3. The van der Waals surface area contributed by atoms with E-state index >= 15 is 0 Å². The van der Waals surface area contributed by atoms with Crippen LogP contribution in [-0.2, 0) is 22.4 Å². The predicted molar refractivity (Wildman–Crippen MR) is 183 cm³/mol. The molecule has 250 valence electrons. The number of carbonyl (C=O) groups is 3. The Labute approximate surface area is 282 Å².